The van der Waals surface area contributed by atoms with Crippen LogP contribution in [0.15, 0.2) is 18.2 Å². The van der Waals surface area contributed by atoms with Crippen LogP contribution in [0.4, 0.5) is 0 Å². The lowest BCUT2D eigenvalue weighted by molar-refractivity contribution is 0.0910. The van der Waals surface area contributed by atoms with Crippen molar-refractivity contribution < 1.29 is 4.79 Å². The molecule has 1 aliphatic carbocycles. The highest BCUT2D eigenvalue weighted by molar-refractivity contribution is 7.11. The van der Waals surface area contributed by atoms with Crippen LogP contribution in [0.2, 0.25) is 0 Å². The predicted octanol–water partition coefficient (Wildman–Crippen LogP) is 4.62. The van der Waals surface area contributed by atoms with Gasteiger partial charge < -0.3 is 4.57 Å². The first-order valence-electron chi connectivity index (χ1n) is 7.69. The first kappa shape index (κ1) is 14.6. The monoisotopic (exact) mass is 301 g/mol. The maximum Gasteiger partial charge on any atom is 0.165 e. The molecule has 21 heavy (non-hydrogen) atoms. The van der Waals surface area contributed by atoms with Crippen LogP contribution in [0.1, 0.15) is 58.7 Å². The van der Waals surface area contributed by atoms with Gasteiger partial charge in [-0.2, -0.15) is 0 Å². The summed E-state index contributed by atoms with van der Waals surface area (Å²) in [6.07, 6.45) is 2.76. The maximum atomic E-state index is 12.4. The summed E-state index contributed by atoms with van der Waals surface area (Å²) < 4.78 is 2.35. The van der Waals surface area contributed by atoms with Crippen molar-refractivity contribution in [3.63, 3.8) is 0 Å². The quantitative estimate of drug-likeness (QED) is 0.810. The summed E-state index contributed by atoms with van der Waals surface area (Å²) in [5.41, 5.74) is 3.48. The summed E-state index contributed by atoms with van der Waals surface area (Å²) in [5.74, 6) is 0.309. The molecule has 0 bridgehead atoms. The number of carbonyl (C=O) groups is 1. The van der Waals surface area contributed by atoms with E-state index in [1.54, 1.807) is 0 Å². The molecule has 0 aliphatic heterocycles. The van der Waals surface area contributed by atoms with Crippen LogP contribution < -0.4 is 0 Å². The standard InChI is InChI=1S/C18H23NOS/c1-5-13-6-7-14(21-13)11-19-12(2)8-15-16(19)9-18(3,4)10-17(15)20/h6-8H,5,9-11H2,1-4H3. The fourth-order valence-corrected chi connectivity index (χ4v) is 4.23. The van der Waals surface area contributed by atoms with Crippen LogP contribution in [0.5, 0.6) is 0 Å². The molecule has 3 heteroatoms. The van der Waals surface area contributed by atoms with Crippen molar-refractivity contribution in [2.24, 2.45) is 5.41 Å². The molecule has 2 aromatic heterocycles. The van der Waals surface area contributed by atoms with Crippen LogP contribution in [0.25, 0.3) is 0 Å². The number of rotatable bonds is 3. The summed E-state index contributed by atoms with van der Waals surface area (Å²) in [6, 6.07) is 6.53. The Morgan fingerprint density at radius 3 is 2.62 bits per heavy atom. The Balaban J connectivity index is 1.98. The van der Waals surface area contributed by atoms with Gasteiger partial charge in [-0.25, -0.2) is 0 Å². The van der Waals surface area contributed by atoms with Gasteiger partial charge in [0.25, 0.3) is 0 Å². The van der Waals surface area contributed by atoms with Gasteiger partial charge in [-0.1, -0.05) is 20.8 Å². The van der Waals surface area contributed by atoms with E-state index in [0.717, 1.165) is 24.9 Å². The van der Waals surface area contributed by atoms with Crippen molar-refractivity contribution in [3.8, 4) is 0 Å². The van der Waals surface area contributed by atoms with Crippen molar-refractivity contribution >= 4 is 17.1 Å². The number of nitrogens with zero attached hydrogens (tertiary/aromatic N) is 1. The van der Waals surface area contributed by atoms with Gasteiger partial charge >= 0.3 is 0 Å². The second kappa shape index (κ2) is 5.13. The number of thiophene rings is 1. The molecule has 2 nitrogen and oxygen atoms in total. The lowest BCUT2D eigenvalue weighted by Crippen LogP contribution is -2.28. The molecule has 0 unspecified atom stereocenters. The number of Topliss-reactive ketones (excluding diaryl/α,β-unsaturated/α-hetero) is 1. The predicted molar refractivity (Wildman–Crippen MR) is 88.4 cm³/mol. The molecular formula is C18H23NOS. The lowest BCUT2D eigenvalue weighted by atomic mass is 9.76. The number of ketones is 1. The van der Waals surface area contributed by atoms with E-state index in [4.69, 9.17) is 0 Å². The highest BCUT2D eigenvalue weighted by Gasteiger charge is 2.33. The number of aryl methyl sites for hydroxylation is 2. The third-order valence-corrected chi connectivity index (χ3v) is 5.60. The summed E-state index contributed by atoms with van der Waals surface area (Å²) in [4.78, 5) is 15.2. The molecule has 0 saturated heterocycles. The molecule has 0 amide bonds. The summed E-state index contributed by atoms with van der Waals surface area (Å²) in [5, 5.41) is 0. The maximum absolute atomic E-state index is 12.4. The smallest absolute Gasteiger partial charge is 0.165 e. The minimum absolute atomic E-state index is 0.0800. The molecule has 0 aromatic carbocycles. The van der Waals surface area contributed by atoms with E-state index >= 15 is 0 Å². The first-order chi connectivity index (χ1) is 9.89. The van der Waals surface area contributed by atoms with Crippen LogP contribution in [-0.2, 0) is 19.4 Å². The Kier molecular flexibility index (Phi) is 3.56. The van der Waals surface area contributed by atoms with Crippen molar-refractivity contribution in [2.75, 3.05) is 0 Å². The second-order valence-corrected chi connectivity index (χ2v) is 8.15. The molecule has 0 atom stereocenters. The average Bonchev–Trinajstić information content (AvgIpc) is 2.96. The SMILES string of the molecule is CCc1ccc(Cn2c(C)cc3c2CC(C)(C)CC3=O)s1. The molecular weight excluding hydrogens is 278 g/mol. The number of hydrogen-bond donors (Lipinski definition) is 0. The highest BCUT2D eigenvalue weighted by Crippen LogP contribution is 2.36. The van der Waals surface area contributed by atoms with Crippen LogP contribution in [-0.4, -0.2) is 10.4 Å². The van der Waals surface area contributed by atoms with Gasteiger partial charge in [0, 0.05) is 33.1 Å². The Bertz CT molecular complexity index is 690. The molecule has 2 aromatic rings. The van der Waals surface area contributed by atoms with E-state index < -0.39 is 0 Å². The summed E-state index contributed by atoms with van der Waals surface area (Å²) in [6.45, 7) is 9.60. The van der Waals surface area contributed by atoms with E-state index in [2.05, 4.69) is 50.5 Å². The topological polar surface area (TPSA) is 22.0 Å². The van der Waals surface area contributed by atoms with Gasteiger partial charge in [0.05, 0.1) is 6.54 Å². The zero-order valence-electron chi connectivity index (χ0n) is 13.3. The minimum Gasteiger partial charge on any atom is -0.343 e. The van der Waals surface area contributed by atoms with Gasteiger partial charge in [0.2, 0.25) is 0 Å². The third kappa shape index (κ3) is 2.71. The van der Waals surface area contributed by atoms with E-state index in [-0.39, 0.29) is 5.41 Å². The molecule has 2 heterocycles. The summed E-state index contributed by atoms with van der Waals surface area (Å²) >= 11 is 1.89. The normalized spacial score (nSPS) is 17.0. The van der Waals surface area contributed by atoms with Gasteiger partial charge in [-0.15, -0.1) is 11.3 Å². The number of fused-ring (bicyclic) bond motifs is 1. The Labute approximate surface area is 130 Å². The minimum atomic E-state index is 0.0800. The van der Waals surface area contributed by atoms with Gasteiger partial charge in [0.1, 0.15) is 0 Å². The van der Waals surface area contributed by atoms with Gasteiger partial charge in [-0.3, -0.25) is 4.79 Å². The first-order valence-corrected chi connectivity index (χ1v) is 8.51. The van der Waals surface area contributed by atoms with E-state index in [1.807, 2.05) is 11.3 Å². The molecule has 0 radical (unpaired) electrons. The van der Waals surface area contributed by atoms with Crippen molar-refractivity contribution in [1.29, 1.82) is 0 Å². The molecule has 1 aliphatic rings. The molecule has 0 spiro atoms. The van der Waals surface area contributed by atoms with Gasteiger partial charge in [0.15, 0.2) is 5.78 Å². The van der Waals surface area contributed by atoms with Gasteiger partial charge in [-0.05, 0) is 43.4 Å². The molecule has 0 N–H and O–H groups in total. The largest absolute Gasteiger partial charge is 0.343 e. The van der Waals surface area contributed by atoms with E-state index in [9.17, 15) is 4.79 Å². The fourth-order valence-electron chi connectivity index (χ4n) is 3.28. The molecule has 3 rings (SSSR count). The average molecular weight is 301 g/mol. The fraction of sp³-hybridized carbons (Fsp3) is 0.500. The third-order valence-electron chi connectivity index (χ3n) is 4.38. The van der Waals surface area contributed by atoms with Crippen LogP contribution >= 0.6 is 11.3 Å². The van der Waals surface area contributed by atoms with Crippen molar-refractivity contribution in [3.05, 3.63) is 44.9 Å². The van der Waals surface area contributed by atoms with E-state index in [0.29, 0.717) is 12.2 Å². The number of aromatic nitrogens is 1. The Hall–Kier alpha value is -1.35. The highest BCUT2D eigenvalue weighted by atomic mass is 32.1. The Morgan fingerprint density at radius 1 is 1.24 bits per heavy atom. The zero-order chi connectivity index (χ0) is 15.2. The summed E-state index contributed by atoms with van der Waals surface area (Å²) in [7, 11) is 0. The van der Waals surface area contributed by atoms with E-state index in [1.165, 1.54) is 21.1 Å². The lowest BCUT2D eigenvalue weighted by Gasteiger charge is -2.29. The number of hydrogen-bond acceptors (Lipinski definition) is 2. The van der Waals surface area contributed by atoms with Crippen LogP contribution in [0.3, 0.4) is 0 Å². The van der Waals surface area contributed by atoms with Crippen molar-refractivity contribution in [2.45, 2.75) is 53.5 Å². The van der Waals surface area contributed by atoms with Crippen molar-refractivity contribution in [1.82, 2.24) is 4.57 Å². The zero-order valence-corrected chi connectivity index (χ0v) is 14.1. The molecule has 112 valence electrons. The number of carbonyl (C=O) groups excluding carboxylic acids is 1. The molecule has 0 fully saturated rings. The van der Waals surface area contributed by atoms with Crippen LogP contribution in [0, 0.1) is 12.3 Å². The second-order valence-electron chi connectivity index (χ2n) is 6.89. The Morgan fingerprint density at radius 2 is 1.95 bits per heavy atom. The molecule has 0 saturated carbocycles.